The average Bonchev–Trinajstić information content (AvgIpc) is 3.53. The highest BCUT2D eigenvalue weighted by Crippen LogP contribution is 2.33. The summed E-state index contributed by atoms with van der Waals surface area (Å²) in [4.78, 5) is 24.8. The van der Waals surface area contributed by atoms with E-state index < -0.39 is 37.1 Å². The predicted octanol–water partition coefficient (Wildman–Crippen LogP) is 0.0663. The molecule has 1 aliphatic heterocycles. The number of fused-ring (bicyclic) bond motifs is 1. The monoisotopic (exact) mass is 459 g/mol. The SMILES string of the molecule is O=C(O)c1cnn(-c2nc(NC3CCCCC3)c3ncn(C4OC(CO)C(O)C4O)c3n2)c1. The topological polar surface area (TPSA) is 181 Å². The Hall–Kier alpha value is -3.13. The first-order valence-corrected chi connectivity index (χ1v) is 10.9. The lowest BCUT2D eigenvalue weighted by molar-refractivity contribution is -0.0511. The Kier molecular flexibility index (Phi) is 5.70. The molecule has 0 radical (unpaired) electrons. The maximum Gasteiger partial charge on any atom is 0.338 e. The molecular formula is C20H25N7O6. The number of aromatic carboxylic acids is 1. The summed E-state index contributed by atoms with van der Waals surface area (Å²) in [6.45, 7) is -0.457. The quantitative estimate of drug-likeness (QED) is 0.336. The third kappa shape index (κ3) is 3.93. The molecule has 0 aromatic carbocycles. The van der Waals surface area contributed by atoms with Crippen molar-refractivity contribution in [2.75, 3.05) is 11.9 Å². The van der Waals surface area contributed by atoms with Crippen molar-refractivity contribution in [3.05, 3.63) is 24.3 Å². The van der Waals surface area contributed by atoms with E-state index in [1.165, 1.54) is 34.4 Å². The molecule has 0 spiro atoms. The molecule has 4 unspecified atom stereocenters. The van der Waals surface area contributed by atoms with Gasteiger partial charge in [0.1, 0.15) is 18.3 Å². The lowest BCUT2D eigenvalue weighted by Crippen LogP contribution is -2.33. The minimum Gasteiger partial charge on any atom is -0.478 e. The number of anilines is 1. The van der Waals surface area contributed by atoms with Gasteiger partial charge in [-0.1, -0.05) is 19.3 Å². The molecule has 5 rings (SSSR count). The average molecular weight is 459 g/mol. The third-order valence-corrected chi connectivity index (χ3v) is 6.18. The normalized spacial score (nSPS) is 26.2. The zero-order chi connectivity index (χ0) is 23.1. The van der Waals surface area contributed by atoms with Gasteiger partial charge in [-0.05, 0) is 12.8 Å². The molecule has 2 aliphatic rings. The van der Waals surface area contributed by atoms with Crippen LogP contribution in [-0.4, -0.2) is 86.7 Å². The maximum absolute atomic E-state index is 11.3. The Morgan fingerprint density at radius 1 is 1.18 bits per heavy atom. The summed E-state index contributed by atoms with van der Waals surface area (Å²) in [5.74, 6) is -0.555. The summed E-state index contributed by atoms with van der Waals surface area (Å²) in [7, 11) is 0. The van der Waals surface area contributed by atoms with E-state index in [1.807, 2.05) is 0 Å². The summed E-state index contributed by atoms with van der Waals surface area (Å²) in [5, 5.41) is 46.8. The molecule has 176 valence electrons. The third-order valence-electron chi connectivity index (χ3n) is 6.18. The number of nitrogens with one attached hydrogen (secondary N) is 1. The molecule has 5 N–H and O–H groups in total. The van der Waals surface area contributed by atoms with Crippen LogP contribution >= 0.6 is 0 Å². The number of carboxylic acids is 1. The molecule has 13 heteroatoms. The van der Waals surface area contributed by atoms with Crippen LogP contribution in [-0.2, 0) is 4.74 Å². The van der Waals surface area contributed by atoms with Crippen LogP contribution in [0, 0.1) is 0 Å². The molecule has 1 saturated carbocycles. The van der Waals surface area contributed by atoms with Crippen molar-refractivity contribution < 1.29 is 30.0 Å². The second kappa shape index (κ2) is 8.67. The summed E-state index contributed by atoms with van der Waals surface area (Å²) in [5.41, 5.74) is 0.727. The van der Waals surface area contributed by atoms with Crippen molar-refractivity contribution in [2.45, 2.75) is 62.7 Å². The molecule has 13 nitrogen and oxygen atoms in total. The molecule has 4 atom stereocenters. The van der Waals surface area contributed by atoms with Crippen LogP contribution in [0.2, 0.25) is 0 Å². The van der Waals surface area contributed by atoms with Crippen LogP contribution in [0.1, 0.15) is 48.7 Å². The van der Waals surface area contributed by atoms with E-state index >= 15 is 0 Å². The molecule has 0 amide bonds. The molecule has 4 heterocycles. The first-order valence-electron chi connectivity index (χ1n) is 10.9. The lowest BCUT2D eigenvalue weighted by Gasteiger charge is -2.23. The van der Waals surface area contributed by atoms with Gasteiger partial charge in [0.25, 0.3) is 5.95 Å². The van der Waals surface area contributed by atoms with Gasteiger partial charge in [-0.15, -0.1) is 0 Å². The Bertz CT molecular complexity index is 1160. The number of carboxylic acid groups (broad SMARTS) is 1. The van der Waals surface area contributed by atoms with E-state index in [0.29, 0.717) is 17.0 Å². The van der Waals surface area contributed by atoms with Crippen LogP contribution in [0.25, 0.3) is 17.1 Å². The van der Waals surface area contributed by atoms with E-state index in [9.17, 15) is 25.2 Å². The van der Waals surface area contributed by atoms with Gasteiger partial charge in [-0.3, -0.25) is 4.57 Å². The van der Waals surface area contributed by atoms with Crippen molar-refractivity contribution in [1.82, 2.24) is 29.3 Å². The van der Waals surface area contributed by atoms with Gasteiger partial charge in [0.2, 0.25) is 0 Å². The van der Waals surface area contributed by atoms with Gasteiger partial charge in [-0.2, -0.15) is 15.1 Å². The number of aliphatic hydroxyl groups excluding tert-OH is 3. The number of hydrogen-bond acceptors (Lipinski definition) is 10. The van der Waals surface area contributed by atoms with Crippen molar-refractivity contribution >= 4 is 23.0 Å². The molecule has 2 fully saturated rings. The van der Waals surface area contributed by atoms with E-state index in [2.05, 4.69) is 25.4 Å². The van der Waals surface area contributed by atoms with E-state index in [1.54, 1.807) is 0 Å². The van der Waals surface area contributed by atoms with E-state index in [4.69, 9.17) is 4.74 Å². The van der Waals surface area contributed by atoms with Gasteiger partial charge in [0, 0.05) is 12.2 Å². The molecular weight excluding hydrogens is 434 g/mol. The second-order valence-corrected chi connectivity index (χ2v) is 8.38. The molecule has 0 bridgehead atoms. The van der Waals surface area contributed by atoms with E-state index in [0.717, 1.165) is 25.7 Å². The van der Waals surface area contributed by atoms with Crippen LogP contribution in [0.3, 0.4) is 0 Å². The number of rotatable bonds is 6. The number of carbonyl (C=O) groups is 1. The predicted molar refractivity (Wildman–Crippen MR) is 113 cm³/mol. The largest absolute Gasteiger partial charge is 0.478 e. The van der Waals surface area contributed by atoms with Crippen molar-refractivity contribution in [2.24, 2.45) is 0 Å². The molecule has 1 saturated heterocycles. The minimum absolute atomic E-state index is 0.0162. The van der Waals surface area contributed by atoms with Gasteiger partial charge in [-0.25, -0.2) is 14.5 Å². The van der Waals surface area contributed by atoms with Crippen LogP contribution in [0.15, 0.2) is 18.7 Å². The van der Waals surface area contributed by atoms with Crippen molar-refractivity contribution in [3.8, 4) is 5.95 Å². The Labute approximate surface area is 187 Å². The summed E-state index contributed by atoms with van der Waals surface area (Å²) < 4.78 is 8.37. The fraction of sp³-hybridized carbons (Fsp3) is 0.550. The van der Waals surface area contributed by atoms with Gasteiger partial charge >= 0.3 is 5.97 Å². The molecule has 3 aromatic heterocycles. The fourth-order valence-electron chi connectivity index (χ4n) is 4.39. The molecule has 33 heavy (non-hydrogen) atoms. The van der Waals surface area contributed by atoms with Crippen molar-refractivity contribution in [3.63, 3.8) is 0 Å². The summed E-state index contributed by atoms with van der Waals surface area (Å²) in [6.07, 6.45) is 4.76. The van der Waals surface area contributed by atoms with Crippen LogP contribution < -0.4 is 5.32 Å². The number of ether oxygens (including phenoxy) is 1. The summed E-state index contributed by atoms with van der Waals surface area (Å²) >= 11 is 0. The van der Waals surface area contributed by atoms with Crippen molar-refractivity contribution in [1.29, 1.82) is 0 Å². The highest BCUT2D eigenvalue weighted by Gasteiger charge is 2.44. The zero-order valence-electron chi connectivity index (χ0n) is 17.7. The fourth-order valence-corrected chi connectivity index (χ4v) is 4.39. The zero-order valence-corrected chi connectivity index (χ0v) is 17.7. The number of nitrogens with zero attached hydrogens (tertiary/aromatic N) is 6. The number of hydrogen-bond donors (Lipinski definition) is 5. The first kappa shape index (κ1) is 21.7. The highest BCUT2D eigenvalue weighted by atomic mass is 16.6. The second-order valence-electron chi connectivity index (χ2n) is 8.38. The van der Waals surface area contributed by atoms with Gasteiger partial charge in [0.05, 0.1) is 24.7 Å². The Balaban J connectivity index is 1.59. The number of imidazole rings is 1. The molecule has 3 aromatic rings. The van der Waals surface area contributed by atoms with E-state index in [-0.39, 0.29) is 17.6 Å². The first-order chi connectivity index (χ1) is 16.0. The number of aliphatic hydroxyl groups is 3. The standard InChI is InChI=1S/C20H25N7O6/c28-8-12-14(29)15(30)18(33-12)26-9-21-13-16(23-11-4-2-1-3-5-11)24-20(25-17(13)26)27-7-10(6-22-27)19(31)32/h6-7,9,11-12,14-15,18,28-30H,1-5,8H2,(H,31,32)(H,23,24,25). The molecule has 1 aliphatic carbocycles. The van der Waals surface area contributed by atoms with Crippen LogP contribution in [0.4, 0.5) is 5.82 Å². The minimum atomic E-state index is -1.31. The van der Waals surface area contributed by atoms with Gasteiger partial charge in [0.15, 0.2) is 23.2 Å². The van der Waals surface area contributed by atoms with Gasteiger partial charge < -0.3 is 30.5 Å². The number of aromatic nitrogens is 6. The Morgan fingerprint density at radius 2 is 1.97 bits per heavy atom. The van der Waals surface area contributed by atoms with Crippen LogP contribution in [0.5, 0.6) is 0 Å². The Morgan fingerprint density at radius 3 is 2.64 bits per heavy atom. The maximum atomic E-state index is 11.3. The highest BCUT2D eigenvalue weighted by molar-refractivity contribution is 5.87. The lowest BCUT2D eigenvalue weighted by atomic mass is 9.95. The summed E-state index contributed by atoms with van der Waals surface area (Å²) in [6, 6.07) is 0.205. The smallest absolute Gasteiger partial charge is 0.338 e.